The Labute approximate surface area is 115 Å². The van der Waals surface area contributed by atoms with Gasteiger partial charge in [-0.25, -0.2) is 0 Å². The van der Waals surface area contributed by atoms with Gasteiger partial charge in [-0.15, -0.1) is 0 Å². The van der Waals surface area contributed by atoms with E-state index in [4.69, 9.17) is 5.73 Å². The van der Waals surface area contributed by atoms with Crippen LogP contribution < -0.4 is 11.1 Å². The van der Waals surface area contributed by atoms with Gasteiger partial charge >= 0.3 is 0 Å². The minimum Gasteiger partial charge on any atom is -0.353 e. The number of hydrogen-bond donors (Lipinski definition) is 2. The van der Waals surface area contributed by atoms with Crippen LogP contribution in [-0.2, 0) is 4.79 Å². The Morgan fingerprint density at radius 1 is 1.37 bits per heavy atom. The van der Waals surface area contributed by atoms with E-state index in [1.807, 2.05) is 32.0 Å². The van der Waals surface area contributed by atoms with Crippen molar-refractivity contribution in [3.63, 3.8) is 0 Å². The molecule has 1 heterocycles. The van der Waals surface area contributed by atoms with Crippen LogP contribution in [0.1, 0.15) is 31.9 Å². The zero-order valence-electron chi connectivity index (χ0n) is 11.7. The number of nitrogens with two attached hydrogens (primary N) is 1. The molecule has 0 bridgehead atoms. The molecule has 1 saturated heterocycles. The average molecular weight is 261 g/mol. The molecule has 1 aromatic carbocycles. The molecule has 1 fully saturated rings. The number of nitrogens with zero attached hydrogens (tertiary/aromatic N) is 1. The molecule has 104 valence electrons. The van der Waals surface area contributed by atoms with Gasteiger partial charge in [0.1, 0.15) is 0 Å². The number of nitrogens with one attached hydrogen (secondary N) is 1. The summed E-state index contributed by atoms with van der Waals surface area (Å²) in [6.45, 7) is 6.14. The molecule has 0 radical (unpaired) electrons. The number of rotatable bonds is 4. The first-order valence-electron chi connectivity index (χ1n) is 6.87. The molecule has 0 spiro atoms. The fourth-order valence-electron chi connectivity index (χ4n) is 2.80. The highest BCUT2D eigenvalue weighted by Crippen LogP contribution is 2.31. The van der Waals surface area contributed by atoms with Crippen molar-refractivity contribution in [2.45, 2.75) is 31.8 Å². The molecule has 19 heavy (non-hydrogen) atoms. The Balaban J connectivity index is 2.31. The lowest BCUT2D eigenvalue weighted by Gasteiger charge is -2.46. The summed E-state index contributed by atoms with van der Waals surface area (Å²) < 4.78 is 0. The smallest absolute Gasteiger partial charge is 0.240 e. The van der Waals surface area contributed by atoms with E-state index in [-0.39, 0.29) is 11.9 Å². The number of amides is 1. The van der Waals surface area contributed by atoms with Gasteiger partial charge in [0.15, 0.2) is 0 Å². The minimum absolute atomic E-state index is 0.0942. The first kappa shape index (κ1) is 14.0. The normalized spacial score (nSPS) is 20.9. The molecule has 2 rings (SSSR count). The Hall–Kier alpha value is -1.39. The van der Waals surface area contributed by atoms with E-state index in [9.17, 15) is 4.79 Å². The molecule has 4 nitrogen and oxygen atoms in total. The van der Waals surface area contributed by atoms with Crippen LogP contribution in [0.15, 0.2) is 30.3 Å². The molecule has 1 amide bonds. The van der Waals surface area contributed by atoms with Crippen molar-refractivity contribution in [2.75, 3.05) is 19.6 Å². The van der Waals surface area contributed by atoms with Crippen LogP contribution in [-0.4, -0.2) is 36.0 Å². The van der Waals surface area contributed by atoms with Gasteiger partial charge in [-0.05, 0) is 32.4 Å². The second-order valence-electron chi connectivity index (χ2n) is 5.51. The maximum absolute atomic E-state index is 12.1. The number of piperazine rings is 1. The Kier molecular flexibility index (Phi) is 4.22. The van der Waals surface area contributed by atoms with Gasteiger partial charge in [0.2, 0.25) is 5.91 Å². The molecule has 0 saturated carbocycles. The SMILES string of the molecule is CC1(C)C(=O)NCCN1C(CCN)c1ccccc1. The molecule has 1 unspecified atom stereocenters. The molecule has 1 aromatic rings. The average Bonchev–Trinajstić information content (AvgIpc) is 2.41. The zero-order chi connectivity index (χ0) is 13.9. The third-order valence-electron chi connectivity index (χ3n) is 3.91. The van der Waals surface area contributed by atoms with E-state index in [2.05, 4.69) is 22.3 Å². The molecule has 1 aliphatic heterocycles. The van der Waals surface area contributed by atoms with Gasteiger partial charge in [-0.3, -0.25) is 9.69 Å². The standard InChI is InChI=1S/C15H23N3O/c1-15(2)14(19)17-10-11-18(15)13(8-9-16)12-6-4-3-5-7-12/h3-7,13H,8-11,16H2,1-2H3,(H,17,19). The van der Waals surface area contributed by atoms with Gasteiger partial charge in [0.05, 0.1) is 5.54 Å². The maximum atomic E-state index is 12.1. The van der Waals surface area contributed by atoms with E-state index < -0.39 is 5.54 Å². The maximum Gasteiger partial charge on any atom is 0.240 e. The van der Waals surface area contributed by atoms with E-state index in [1.165, 1.54) is 5.56 Å². The number of benzene rings is 1. The van der Waals surface area contributed by atoms with Gasteiger partial charge in [-0.1, -0.05) is 30.3 Å². The highest BCUT2D eigenvalue weighted by molar-refractivity contribution is 5.86. The van der Waals surface area contributed by atoms with E-state index in [0.717, 1.165) is 13.0 Å². The molecular weight excluding hydrogens is 238 g/mol. The van der Waals surface area contributed by atoms with Gasteiger partial charge < -0.3 is 11.1 Å². The van der Waals surface area contributed by atoms with Crippen LogP contribution in [0, 0.1) is 0 Å². The lowest BCUT2D eigenvalue weighted by molar-refractivity contribution is -0.137. The Morgan fingerprint density at radius 3 is 2.68 bits per heavy atom. The highest BCUT2D eigenvalue weighted by atomic mass is 16.2. The fraction of sp³-hybridized carbons (Fsp3) is 0.533. The summed E-state index contributed by atoms with van der Waals surface area (Å²) in [6, 6.07) is 10.5. The summed E-state index contributed by atoms with van der Waals surface area (Å²) in [5.41, 5.74) is 6.51. The monoisotopic (exact) mass is 261 g/mol. The van der Waals surface area contributed by atoms with Crippen LogP contribution in [0.4, 0.5) is 0 Å². The first-order chi connectivity index (χ1) is 9.07. The van der Waals surface area contributed by atoms with E-state index in [0.29, 0.717) is 13.1 Å². The number of hydrogen-bond acceptors (Lipinski definition) is 3. The molecule has 0 aliphatic carbocycles. The number of carbonyl (C=O) groups excluding carboxylic acids is 1. The summed E-state index contributed by atoms with van der Waals surface area (Å²) in [6.07, 6.45) is 0.862. The van der Waals surface area contributed by atoms with Gasteiger partial charge in [-0.2, -0.15) is 0 Å². The van der Waals surface area contributed by atoms with E-state index in [1.54, 1.807) is 0 Å². The second-order valence-corrected chi connectivity index (χ2v) is 5.51. The fourth-order valence-corrected chi connectivity index (χ4v) is 2.80. The molecular formula is C15H23N3O. The largest absolute Gasteiger partial charge is 0.353 e. The van der Waals surface area contributed by atoms with Crippen LogP contribution in [0.5, 0.6) is 0 Å². The summed E-state index contributed by atoms with van der Waals surface area (Å²) in [7, 11) is 0. The Bertz CT molecular complexity index is 430. The van der Waals surface area contributed by atoms with Crippen molar-refractivity contribution in [3.05, 3.63) is 35.9 Å². The molecule has 1 atom stereocenters. The van der Waals surface area contributed by atoms with Crippen molar-refractivity contribution in [1.82, 2.24) is 10.2 Å². The predicted molar refractivity (Wildman–Crippen MR) is 76.6 cm³/mol. The van der Waals surface area contributed by atoms with Crippen molar-refractivity contribution >= 4 is 5.91 Å². The van der Waals surface area contributed by atoms with Crippen LogP contribution in [0.2, 0.25) is 0 Å². The van der Waals surface area contributed by atoms with Crippen LogP contribution >= 0.6 is 0 Å². The summed E-state index contributed by atoms with van der Waals surface area (Å²) >= 11 is 0. The lowest BCUT2D eigenvalue weighted by Crippen LogP contribution is -2.62. The molecule has 0 aromatic heterocycles. The van der Waals surface area contributed by atoms with Gasteiger partial charge in [0, 0.05) is 19.1 Å². The molecule has 3 N–H and O–H groups in total. The van der Waals surface area contributed by atoms with Crippen molar-refractivity contribution < 1.29 is 4.79 Å². The summed E-state index contributed by atoms with van der Waals surface area (Å²) in [4.78, 5) is 14.4. The predicted octanol–water partition coefficient (Wildman–Crippen LogP) is 1.29. The zero-order valence-corrected chi connectivity index (χ0v) is 11.7. The van der Waals surface area contributed by atoms with Crippen molar-refractivity contribution in [2.24, 2.45) is 5.73 Å². The molecule has 4 heteroatoms. The first-order valence-corrected chi connectivity index (χ1v) is 6.87. The lowest BCUT2D eigenvalue weighted by atomic mass is 9.92. The van der Waals surface area contributed by atoms with Crippen LogP contribution in [0.3, 0.4) is 0 Å². The summed E-state index contributed by atoms with van der Waals surface area (Å²) in [5, 5.41) is 2.94. The van der Waals surface area contributed by atoms with Crippen LogP contribution in [0.25, 0.3) is 0 Å². The van der Waals surface area contributed by atoms with E-state index >= 15 is 0 Å². The molecule has 1 aliphatic rings. The quantitative estimate of drug-likeness (QED) is 0.858. The third-order valence-corrected chi connectivity index (χ3v) is 3.91. The highest BCUT2D eigenvalue weighted by Gasteiger charge is 2.41. The van der Waals surface area contributed by atoms with Gasteiger partial charge in [0.25, 0.3) is 0 Å². The second kappa shape index (κ2) is 5.72. The van der Waals surface area contributed by atoms with Crippen molar-refractivity contribution in [3.8, 4) is 0 Å². The summed E-state index contributed by atoms with van der Waals surface area (Å²) in [5.74, 6) is 0.0942. The Morgan fingerprint density at radius 2 is 2.05 bits per heavy atom. The topological polar surface area (TPSA) is 58.4 Å². The number of carbonyl (C=O) groups is 1. The third kappa shape index (κ3) is 2.80. The minimum atomic E-state index is -0.492. The van der Waals surface area contributed by atoms with Crippen molar-refractivity contribution in [1.29, 1.82) is 0 Å².